The number of phenols is 1. The highest BCUT2D eigenvalue weighted by Crippen LogP contribution is 2.30. The van der Waals surface area contributed by atoms with E-state index in [-0.39, 0.29) is 70.2 Å². The topological polar surface area (TPSA) is 650 Å². The summed E-state index contributed by atoms with van der Waals surface area (Å²) >= 11 is 2.10. The van der Waals surface area contributed by atoms with Crippen molar-refractivity contribution in [3.8, 4) is 5.75 Å². The fraction of sp³-hybridized carbons (Fsp3) is 0.529. The maximum Gasteiger partial charge on any atom is 0.305 e. The highest BCUT2D eigenvalue weighted by molar-refractivity contribution is 8.00. The number of fused-ring (bicyclic) bond motifs is 4. The van der Waals surface area contributed by atoms with Crippen LogP contribution >= 0.6 is 23.1 Å². The van der Waals surface area contributed by atoms with Crippen LogP contribution in [0.25, 0.3) is 21.0 Å². The molecule has 42 nitrogen and oxygen atoms in total. The number of likely N-dealkylation sites (N-methyl/N-ethyl adjacent to an activating group) is 3. The first kappa shape index (κ1) is 102. The van der Waals surface area contributed by atoms with Gasteiger partial charge in [-0.15, -0.1) is 23.1 Å². The van der Waals surface area contributed by atoms with Gasteiger partial charge in [-0.2, -0.15) is 0 Å². The number of hydrogen-bond donors (Lipinski definition) is 19. The molecule has 17 amide bonds. The smallest absolute Gasteiger partial charge is 0.305 e. The summed E-state index contributed by atoms with van der Waals surface area (Å²) in [6, 6.07) is -2.54. The Morgan fingerprint density at radius 2 is 1.09 bits per heavy atom. The minimum absolute atomic E-state index is 0.00629. The molecule has 5 heterocycles. The summed E-state index contributed by atoms with van der Waals surface area (Å²) in [7, 11) is 3.88. The van der Waals surface area contributed by atoms with Gasteiger partial charge in [-0.3, -0.25) is 86.3 Å². The predicted octanol–water partition coefficient (Wildman–Crippen LogP) is -4.33. The molecule has 44 heteroatoms. The molecule has 3 fully saturated rings. The van der Waals surface area contributed by atoms with E-state index in [4.69, 9.17) is 28.7 Å². The number of nitrogens with two attached hydrogens (primary N) is 5. The van der Waals surface area contributed by atoms with Gasteiger partial charge in [-0.05, 0) is 104 Å². The minimum Gasteiger partial charge on any atom is -0.508 e. The predicted molar refractivity (Wildman–Crippen MR) is 474 cm³/mol. The lowest BCUT2D eigenvalue weighted by Crippen LogP contribution is -2.62. The van der Waals surface area contributed by atoms with Gasteiger partial charge in [-0.25, -0.2) is 0 Å². The van der Waals surface area contributed by atoms with Gasteiger partial charge in [0.25, 0.3) is 0 Å². The number of benzene rings is 3. The Hall–Kier alpha value is -12.4. The number of hydrogen-bond acceptors (Lipinski definition) is 25. The van der Waals surface area contributed by atoms with Crippen molar-refractivity contribution in [1.29, 1.82) is 0 Å². The maximum absolute atomic E-state index is 15.7. The molecule has 3 aliphatic heterocycles. The number of rotatable bonds is 24. The summed E-state index contributed by atoms with van der Waals surface area (Å²) in [6.07, 6.45) is -1.77. The van der Waals surface area contributed by atoms with Gasteiger partial charge in [-0.1, -0.05) is 88.1 Å². The molecular formula is C85H119N21O21S2. The molecule has 5 aromatic rings. The van der Waals surface area contributed by atoms with Gasteiger partial charge in [0.2, 0.25) is 100 Å². The van der Waals surface area contributed by atoms with E-state index >= 15 is 28.8 Å². The van der Waals surface area contributed by atoms with Crippen LogP contribution in [0.2, 0.25) is 0 Å². The van der Waals surface area contributed by atoms with Crippen molar-refractivity contribution in [2.24, 2.45) is 28.7 Å². The van der Waals surface area contributed by atoms with Crippen molar-refractivity contribution in [2.45, 2.75) is 214 Å². The number of phenolic OH excluding ortho intramolecular Hbond substituents is 1. The second-order valence-electron chi connectivity index (χ2n) is 32.3. The molecule has 24 N–H and O–H groups in total. The van der Waals surface area contributed by atoms with Crippen molar-refractivity contribution in [2.75, 3.05) is 71.9 Å². The third-order valence-electron chi connectivity index (χ3n) is 22.9. The number of carboxylic acid groups (broad SMARTS) is 1. The summed E-state index contributed by atoms with van der Waals surface area (Å²) in [4.78, 5) is 267. The van der Waals surface area contributed by atoms with E-state index in [0.29, 0.717) is 53.3 Å². The first-order valence-electron chi connectivity index (χ1n) is 42.8. The number of nitrogens with zero attached hydrogens (tertiary/aromatic N) is 5. The van der Waals surface area contributed by atoms with E-state index in [1.165, 1.54) is 68.6 Å². The van der Waals surface area contributed by atoms with Crippen molar-refractivity contribution < 1.29 is 102 Å². The average molecular weight is 1840 g/mol. The molecule has 0 bridgehead atoms. The summed E-state index contributed by atoms with van der Waals surface area (Å²) in [5, 5.41) is 60.5. The fourth-order valence-corrected chi connectivity index (χ4v) is 17.4. The Morgan fingerprint density at radius 3 is 1.74 bits per heavy atom. The number of H-pyrrole nitrogens is 1. The Kier molecular flexibility index (Phi) is 38.5. The van der Waals surface area contributed by atoms with Crippen LogP contribution in [0.1, 0.15) is 121 Å². The van der Waals surface area contributed by atoms with Gasteiger partial charge >= 0.3 is 5.97 Å². The highest BCUT2D eigenvalue weighted by Gasteiger charge is 2.47. The minimum atomic E-state index is -1.92. The number of aliphatic hydroxyl groups excluding tert-OH is 1. The number of carboxylic acids is 1. The van der Waals surface area contributed by atoms with Gasteiger partial charge in [0.1, 0.15) is 90.3 Å². The molecule has 2 aromatic heterocycles. The van der Waals surface area contributed by atoms with Crippen molar-refractivity contribution in [1.82, 2.24) is 82.7 Å². The summed E-state index contributed by atoms with van der Waals surface area (Å²) in [5.74, 6) is -19.3. The van der Waals surface area contributed by atoms with E-state index in [0.717, 1.165) is 41.4 Å². The van der Waals surface area contributed by atoms with E-state index in [2.05, 4.69) is 58.2 Å². The van der Waals surface area contributed by atoms with Gasteiger partial charge < -0.3 is 127 Å². The average Bonchev–Trinajstić information content (AvgIpc) is 1.63. The number of thiophene rings is 1. The Bertz CT molecular complexity index is 4880. The van der Waals surface area contributed by atoms with Crippen LogP contribution in [0, 0.1) is 0 Å². The Morgan fingerprint density at radius 1 is 0.535 bits per heavy atom. The molecule has 15 atom stereocenters. The first-order valence-corrected chi connectivity index (χ1v) is 44.8. The number of primary amides is 2. The molecule has 0 saturated carbocycles. The summed E-state index contributed by atoms with van der Waals surface area (Å²) in [5.41, 5.74) is 31.6. The number of para-hydroxylation sites is 1. The number of amides is 17. The standard InChI is InChI=1S/C85H119N21O21S2/c1-7-9-19-63-78(120)99-61(38-88)77(119)101-62(73(115)92-40-69(90)110)43-128-44-70(111)93-57(32-46-23-25-49(107)26-24-46)81(123)102(4)45(3)72(114)97-59(36-71(112)113)84(126)105-31-15-21-64(105)79(121)100-60(37-87)76(118)95-55(27-28-68(89)109)83(125)106-41-50(108)35-66(106)80(122)96-56(33-47-39-91-53-18-13-11-16-51(47)53)75(117)94-54(29-30-86)74(116)98-58(34-48-42-129-67-22-14-12-17-52(48)67)82(124)104(6)65(20-10-8-2)85(127)103(63)5/h11-14,16-18,22-26,39,42,45,50,54-66,91,107-108H,7-10,15,19-21,27-38,40-41,43-44,86-88H2,1-6H3,(H2,89,109)(H2,90,110)(H,92,115)(H,93,111)(H,94,117)(H,95,118)(H,96,122)(H,97,114)(H,98,116)(H,99,120)(H,100,121)(H,101,119)(H,112,113)/t45-,50+,54-,55-,56-,57-,58-,59-,60-,61-,62-,63-,64-,65-,66-/m0/s1. The van der Waals surface area contributed by atoms with E-state index in [1.807, 2.05) is 32.0 Å². The molecule has 3 aliphatic rings. The normalized spacial score (nSPS) is 25.3. The van der Waals surface area contributed by atoms with Crippen molar-refractivity contribution in [3.63, 3.8) is 0 Å². The molecule has 8 rings (SSSR count). The quantitative estimate of drug-likeness (QED) is 0.0278. The zero-order valence-electron chi connectivity index (χ0n) is 72.8. The number of carbonyl (C=O) groups is 18. The molecular weight excluding hydrogens is 1720 g/mol. The van der Waals surface area contributed by atoms with Crippen LogP contribution in [0.4, 0.5) is 0 Å². The Labute approximate surface area is 752 Å². The van der Waals surface area contributed by atoms with Crippen LogP contribution in [0.3, 0.4) is 0 Å². The van der Waals surface area contributed by atoms with E-state index in [9.17, 15) is 72.9 Å². The van der Waals surface area contributed by atoms with Crippen LogP contribution in [0.5, 0.6) is 5.75 Å². The third-order valence-corrected chi connectivity index (χ3v) is 25.0. The molecule has 129 heavy (non-hydrogen) atoms. The van der Waals surface area contributed by atoms with Crippen molar-refractivity contribution >= 4 is 150 Å². The molecule has 0 unspecified atom stereocenters. The summed E-state index contributed by atoms with van der Waals surface area (Å²) < 4.78 is 0.825. The van der Waals surface area contributed by atoms with Crippen LogP contribution in [0.15, 0.2) is 84.4 Å². The van der Waals surface area contributed by atoms with E-state index < -0.39 is 260 Å². The van der Waals surface area contributed by atoms with E-state index in [1.54, 1.807) is 41.9 Å². The fourth-order valence-electron chi connectivity index (χ4n) is 15.6. The molecule has 0 spiro atoms. The lowest BCUT2D eigenvalue weighted by atomic mass is 10.00. The van der Waals surface area contributed by atoms with Crippen LogP contribution in [-0.2, 0) is 106 Å². The Balaban J connectivity index is 1.18. The number of aromatic nitrogens is 1. The zero-order chi connectivity index (χ0) is 94.6. The zero-order valence-corrected chi connectivity index (χ0v) is 74.5. The first-order chi connectivity index (χ1) is 61.4. The highest BCUT2D eigenvalue weighted by atomic mass is 32.2. The maximum atomic E-state index is 15.7. The second-order valence-corrected chi connectivity index (χ2v) is 34.2. The molecule has 0 radical (unpaired) electrons. The SMILES string of the molecule is CCCC[C@H]1C(=O)N(C)[C@@H](CCCC)C(=O)N[C@@H](CN)C(=O)N[C@H](C(=O)NCC(N)=O)CSCC(=O)N[C@@H](Cc2ccc(O)cc2)C(=O)N(C)[C@@H](C)C(=O)N[C@@H](CC(=O)O)C(=O)N2CCC[C@H]2C(=O)N[C@@H](CN)C(=O)N[C@@H](CCC(N)=O)C(=O)N2C[C@H](O)C[C@H]2C(=O)N[C@@H](Cc2c[nH]c3ccccc23)C(=O)N[C@@H](CCN)C(=O)N[C@@H](Cc2csc3ccccc23)C(=O)N1C. The largest absolute Gasteiger partial charge is 0.508 e. The number of thioether (sulfide) groups is 1. The monoisotopic (exact) mass is 1830 g/mol. The number of aliphatic hydroxyl groups is 1. The third kappa shape index (κ3) is 28.1. The molecule has 3 aromatic carbocycles. The van der Waals surface area contributed by atoms with Gasteiger partial charge in [0.15, 0.2) is 0 Å². The number of carbonyl (C=O) groups excluding carboxylic acids is 17. The number of unbranched alkanes of at least 4 members (excludes halogenated alkanes) is 2. The number of aromatic hydroxyl groups is 1. The molecule has 0 aliphatic carbocycles. The number of aliphatic carboxylic acids is 1. The lowest BCUT2D eigenvalue weighted by Gasteiger charge is -2.36. The lowest BCUT2D eigenvalue weighted by molar-refractivity contribution is -0.149. The number of aromatic amines is 1. The van der Waals surface area contributed by atoms with Gasteiger partial charge in [0, 0.05) is 107 Å². The summed E-state index contributed by atoms with van der Waals surface area (Å²) in [6.45, 7) is 1.90. The van der Waals surface area contributed by atoms with Gasteiger partial charge in [0.05, 0.1) is 24.8 Å². The molecule has 702 valence electrons. The van der Waals surface area contributed by atoms with Crippen LogP contribution in [-0.4, -0.2) is 314 Å². The van der Waals surface area contributed by atoms with Crippen LogP contribution < -0.4 is 81.8 Å². The second kappa shape index (κ2) is 48.7. The molecule has 3 saturated heterocycles. The van der Waals surface area contributed by atoms with Crippen molar-refractivity contribution in [3.05, 3.63) is 101 Å². The number of nitrogens with one attached hydrogen (secondary N) is 11.